The van der Waals surface area contributed by atoms with Gasteiger partial charge in [-0.25, -0.2) is 0 Å². The smallest absolute Gasteiger partial charge is 0.244 e. The molecule has 2 saturated carbocycles. The topological polar surface area (TPSA) is 41.6 Å². The zero-order valence-corrected chi connectivity index (χ0v) is 11.7. The first-order chi connectivity index (χ1) is 9.21. The zero-order valence-electron chi connectivity index (χ0n) is 11.7. The van der Waals surface area contributed by atoms with Crippen LogP contribution in [-0.2, 0) is 9.53 Å². The lowest BCUT2D eigenvalue weighted by molar-refractivity contribution is -0.134. The molecule has 4 heteroatoms. The Morgan fingerprint density at radius 2 is 2.00 bits per heavy atom. The van der Waals surface area contributed by atoms with Crippen molar-refractivity contribution in [2.24, 2.45) is 5.92 Å². The fourth-order valence-electron chi connectivity index (χ4n) is 4.33. The van der Waals surface area contributed by atoms with Gasteiger partial charge in [0.1, 0.15) is 0 Å². The Hall–Kier alpha value is -0.610. The molecule has 0 aromatic rings. The van der Waals surface area contributed by atoms with Gasteiger partial charge in [-0.15, -0.1) is 0 Å². The van der Waals surface area contributed by atoms with Crippen molar-refractivity contribution in [3.05, 3.63) is 0 Å². The van der Waals surface area contributed by atoms with Crippen molar-refractivity contribution in [1.82, 2.24) is 10.2 Å². The van der Waals surface area contributed by atoms with Crippen LogP contribution in [0.3, 0.4) is 0 Å². The number of amides is 1. The van der Waals surface area contributed by atoms with Crippen LogP contribution in [0.25, 0.3) is 0 Å². The molecule has 4 nitrogen and oxygen atoms in total. The van der Waals surface area contributed by atoms with Crippen molar-refractivity contribution < 1.29 is 9.53 Å². The summed E-state index contributed by atoms with van der Waals surface area (Å²) in [5, 5.41) is 3.70. The lowest BCUT2D eigenvalue weighted by Crippen LogP contribution is -2.50. The molecule has 1 spiro atoms. The normalized spacial score (nSPS) is 41.6. The number of hydrogen-bond donors (Lipinski definition) is 1. The number of carbonyl (C=O) groups excluding carboxylic acids is 1. The third-order valence-corrected chi connectivity index (χ3v) is 5.66. The molecule has 2 saturated heterocycles. The highest BCUT2D eigenvalue weighted by Crippen LogP contribution is 2.47. The van der Waals surface area contributed by atoms with Gasteiger partial charge in [0.25, 0.3) is 0 Å². The molecule has 0 bridgehead atoms. The highest BCUT2D eigenvalue weighted by molar-refractivity contribution is 5.92. The predicted molar refractivity (Wildman–Crippen MR) is 71.5 cm³/mol. The van der Waals surface area contributed by atoms with Gasteiger partial charge in [0, 0.05) is 6.61 Å². The van der Waals surface area contributed by atoms with Crippen LogP contribution in [0.1, 0.15) is 51.9 Å². The second kappa shape index (κ2) is 4.19. The van der Waals surface area contributed by atoms with E-state index >= 15 is 0 Å². The molecule has 4 aliphatic rings. The van der Waals surface area contributed by atoms with Gasteiger partial charge in [-0.1, -0.05) is 12.8 Å². The lowest BCUT2D eigenvalue weighted by atomic mass is 10.0. The van der Waals surface area contributed by atoms with E-state index in [1.165, 1.54) is 25.7 Å². The molecule has 0 aromatic carbocycles. The second-order valence-corrected chi connectivity index (χ2v) is 6.86. The van der Waals surface area contributed by atoms with Crippen LogP contribution >= 0.6 is 0 Å². The highest BCUT2D eigenvalue weighted by atomic mass is 16.5. The van der Waals surface area contributed by atoms with E-state index in [9.17, 15) is 4.79 Å². The van der Waals surface area contributed by atoms with E-state index in [1.807, 2.05) is 0 Å². The van der Waals surface area contributed by atoms with Gasteiger partial charge in [0.2, 0.25) is 5.91 Å². The molecule has 2 aliphatic carbocycles. The number of nitrogens with one attached hydrogen (secondary N) is 1. The minimum absolute atomic E-state index is 0.171. The third kappa shape index (κ3) is 1.76. The van der Waals surface area contributed by atoms with Gasteiger partial charge in [-0.3, -0.25) is 10.1 Å². The number of rotatable bonds is 2. The quantitative estimate of drug-likeness (QED) is 0.824. The second-order valence-electron chi connectivity index (χ2n) is 6.86. The minimum atomic E-state index is -0.171. The number of ether oxygens (including phenoxy) is 1. The molecule has 0 aromatic heterocycles. The SMILES string of the molecule is CC1OCCC1N1C(=O)C2(CC2)NC1C1CCCC1. The maximum Gasteiger partial charge on any atom is 0.244 e. The van der Waals surface area contributed by atoms with Gasteiger partial charge >= 0.3 is 0 Å². The molecule has 2 heterocycles. The standard InChI is InChI=1S/C15H24N2O2/c1-10-12(6-9-19-10)17-13(11-4-2-3-5-11)16-15(7-8-15)14(17)18/h10-13,16H,2-9H2,1H3. The summed E-state index contributed by atoms with van der Waals surface area (Å²) in [7, 11) is 0. The van der Waals surface area contributed by atoms with E-state index in [0.29, 0.717) is 17.9 Å². The van der Waals surface area contributed by atoms with Gasteiger partial charge in [0.15, 0.2) is 0 Å². The molecule has 19 heavy (non-hydrogen) atoms. The Labute approximate surface area is 114 Å². The molecule has 2 aliphatic heterocycles. The average Bonchev–Trinajstić information content (AvgIpc) is 2.78. The van der Waals surface area contributed by atoms with Crippen LogP contribution in [0.4, 0.5) is 0 Å². The first kappa shape index (κ1) is 12.2. The first-order valence-electron chi connectivity index (χ1n) is 7.93. The molecule has 1 amide bonds. The first-order valence-corrected chi connectivity index (χ1v) is 7.93. The van der Waals surface area contributed by atoms with Gasteiger partial charge in [-0.05, 0) is 44.9 Å². The van der Waals surface area contributed by atoms with Crippen molar-refractivity contribution in [3.63, 3.8) is 0 Å². The van der Waals surface area contributed by atoms with E-state index in [1.54, 1.807) is 0 Å². The fourth-order valence-corrected chi connectivity index (χ4v) is 4.33. The fraction of sp³-hybridized carbons (Fsp3) is 0.933. The Morgan fingerprint density at radius 3 is 2.58 bits per heavy atom. The van der Waals surface area contributed by atoms with Crippen LogP contribution in [0.2, 0.25) is 0 Å². The Bertz CT molecular complexity index is 388. The van der Waals surface area contributed by atoms with Crippen LogP contribution < -0.4 is 5.32 Å². The van der Waals surface area contributed by atoms with E-state index < -0.39 is 0 Å². The number of carbonyl (C=O) groups is 1. The summed E-state index contributed by atoms with van der Waals surface area (Å²) in [6.07, 6.45) is 8.77. The van der Waals surface area contributed by atoms with Gasteiger partial charge < -0.3 is 9.64 Å². The molecule has 0 radical (unpaired) electrons. The maximum atomic E-state index is 12.8. The molecular weight excluding hydrogens is 240 g/mol. The van der Waals surface area contributed by atoms with Crippen molar-refractivity contribution in [2.45, 2.75) is 75.7 Å². The van der Waals surface area contributed by atoms with Gasteiger partial charge in [0.05, 0.1) is 23.9 Å². The van der Waals surface area contributed by atoms with E-state index in [2.05, 4.69) is 17.1 Å². The van der Waals surface area contributed by atoms with Crippen molar-refractivity contribution in [2.75, 3.05) is 6.61 Å². The summed E-state index contributed by atoms with van der Waals surface area (Å²) >= 11 is 0. The van der Waals surface area contributed by atoms with Crippen LogP contribution in [0.5, 0.6) is 0 Å². The van der Waals surface area contributed by atoms with E-state index in [-0.39, 0.29) is 17.8 Å². The third-order valence-electron chi connectivity index (χ3n) is 5.66. The number of nitrogens with zero attached hydrogens (tertiary/aromatic N) is 1. The molecular formula is C15H24N2O2. The molecule has 4 fully saturated rings. The molecule has 106 valence electrons. The van der Waals surface area contributed by atoms with Gasteiger partial charge in [-0.2, -0.15) is 0 Å². The van der Waals surface area contributed by atoms with Crippen LogP contribution in [-0.4, -0.2) is 41.3 Å². The summed E-state index contributed by atoms with van der Waals surface area (Å²) in [5.41, 5.74) is -0.171. The summed E-state index contributed by atoms with van der Waals surface area (Å²) in [6, 6.07) is 0.297. The van der Waals surface area contributed by atoms with E-state index in [4.69, 9.17) is 4.74 Å². The Balaban J connectivity index is 1.62. The molecule has 4 rings (SSSR count). The molecule has 3 atom stereocenters. The van der Waals surface area contributed by atoms with Crippen molar-refractivity contribution in [3.8, 4) is 0 Å². The number of hydrogen-bond acceptors (Lipinski definition) is 3. The zero-order chi connectivity index (χ0) is 13.0. The largest absolute Gasteiger partial charge is 0.376 e. The summed E-state index contributed by atoms with van der Waals surface area (Å²) in [4.78, 5) is 15.0. The molecule has 3 unspecified atom stereocenters. The van der Waals surface area contributed by atoms with E-state index in [0.717, 1.165) is 25.9 Å². The predicted octanol–water partition coefficient (Wildman–Crippen LogP) is 1.64. The highest BCUT2D eigenvalue weighted by Gasteiger charge is 2.62. The summed E-state index contributed by atoms with van der Waals surface area (Å²) < 4.78 is 5.70. The molecule has 1 N–H and O–H groups in total. The van der Waals surface area contributed by atoms with Crippen LogP contribution in [0, 0.1) is 5.92 Å². The summed E-state index contributed by atoms with van der Waals surface area (Å²) in [6.45, 7) is 2.93. The summed E-state index contributed by atoms with van der Waals surface area (Å²) in [5.74, 6) is 1.03. The van der Waals surface area contributed by atoms with Crippen LogP contribution in [0.15, 0.2) is 0 Å². The van der Waals surface area contributed by atoms with Crippen molar-refractivity contribution >= 4 is 5.91 Å². The monoisotopic (exact) mass is 264 g/mol. The maximum absolute atomic E-state index is 12.8. The Morgan fingerprint density at radius 1 is 1.26 bits per heavy atom. The van der Waals surface area contributed by atoms with Crippen molar-refractivity contribution in [1.29, 1.82) is 0 Å². The Kier molecular flexibility index (Phi) is 2.68. The minimum Gasteiger partial charge on any atom is -0.376 e. The lowest BCUT2D eigenvalue weighted by Gasteiger charge is -2.35. The average molecular weight is 264 g/mol.